The Morgan fingerprint density at radius 1 is 0.474 bits per heavy atom. The summed E-state index contributed by atoms with van der Waals surface area (Å²) in [5.74, 6) is 0. The molecule has 1 aliphatic carbocycles. The number of hydrogen-bond acceptors (Lipinski definition) is 0. The summed E-state index contributed by atoms with van der Waals surface area (Å²) < 4.78 is 2.39. The van der Waals surface area contributed by atoms with E-state index in [9.17, 15) is 0 Å². The predicted molar refractivity (Wildman–Crippen MR) is 95.7 cm³/mol. The summed E-state index contributed by atoms with van der Waals surface area (Å²) in [6.07, 6.45) is 13.8. The van der Waals surface area contributed by atoms with Gasteiger partial charge in [0.15, 0.2) is 0 Å². The van der Waals surface area contributed by atoms with Crippen LogP contribution in [-0.4, -0.2) is 36.8 Å². The molecule has 0 aliphatic heterocycles. The standard InChI is InChI=1S/C11H20.6CH3.2Sn/c1-2-4-6-8-10-11-9-7-5-3-1;;;;;;;;/h1-2H,3-11H2;6*1H3;;. The van der Waals surface area contributed by atoms with Gasteiger partial charge >= 0.3 is 132 Å². The Balaban J connectivity index is 2.85. The minimum atomic E-state index is -1.76. The molecule has 1 rings (SSSR count). The van der Waals surface area contributed by atoms with Crippen LogP contribution in [0.25, 0.3) is 0 Å². The van der Waals surface area contributed by atoms with E-state index >= 15 is 0 Å². The van der Waals surface area contributed by atoms with Gasteiger partial charge in [-0.15, -0.1) is 0 Å². The Morgan fingerprint density at radius 3 is 1.00 bits per heavy atom. The molecule has 2 unspecified atom stereocenters. The van der Waals surface area contributed by atoms with Crippen molar-refractivity contribution in [1.82, 2.24) is 0 Å². The Kier molecular flexibility index (Phi) is 8.13. The molecule has 1 aliphatic rings. The quantitative estimate of drug-likeness (QED) is 0.377. The SMILES string of the molecule is [CH3][Sn]([CH3])([CH3])[CH]1CCCCCCCCC[CH]1[Sn]([CH3])([CH3])[CH3]. The van der Waals surface area contributed by atoms with E-state index in [0.29, 0.717) is 0 Å². The molecule has 1 fully saturated rings. The third-order valence-corrected chi connectivity index (χ3v) is 24.6. The first kappa shape index (κ1) is 18.6. The van der Waals surface area contributed by atoms with Crippen LogP contribution in [0.3, 0.4) is 0 Å². The van der Waals surface area contributed by atoms with Gasteiger partial charge in [-0.25, -0.2) is 0 Å². The Labute approximate surface area is 131 Å². The molecule has 0 N–H and O–H groups in total. The molecule has 0 amide bonds. The molecule has 0 radical (unpaired) electrons. The van der Waals surface area contributed by atoms with Gasteiger partial charge in [-0.3, -0.25) is 0 Å². The fourth-order valence-electron chi connectivity index (χ4n) is 4.09. The molecule has 0 aromatic carbocycles. The maximum atomic E-state index is 2.71. The molecule has 2 atom stereocenters. The third-order valence-electron chi connectivity index (χ3n) is 5.24. The third kappa shape index (κ3) is 6.93. The van der Waals surface area contributed by atoms with Crippen LogP contribution in [-0.2, 0) is 0 Å². The topological polar surface area (TPSA) is 0 Å². The molecular formula is C17H38Sn2. The molecule has 0 aromatic heterocycles. The van der Waals surface area contributed by atoms with Crippen molar-refractivity contribution in [2.45, 2.75) is 95.3 Å². The van der Waals surface area contributed by atoms with Crippen LogP contribution in [0.15, 0.2) is 0 Å². The predicted octanol–water partition coefficient (Wildman–Crippen LogP) is 6.93. The number of hydrogen-bond donors (Lipinski definition) is 0. The molecule has 1 saturated carbocycles. The molecular weight excluding hydrogens is 442 g/mol. The van der Waals surface area contributed by atoms with Crippen molar-refractivity contribution in [3.63, 3.8) is 0 Å². The van der Waals surface area contributed by atoms with E-state index in [1.54, 1.807) is 12.8 Å². The van der Waals surface area contributed by atoms with E-state index in [4.69, 9.17) is 0 Å². The summed E-state index contributed by atoms with van der Waals surface area (Å²) in [5.41, 5.74) is 0. The molecule has 114 valence electrons. The van der Waals surface area contributed by atoms with Gasteiger partial charge in [0.1, 0.15) is 0 Å². The van der Waals surface area contributed by atoms with E-state index in [-0.39, 0.29) is 0 Å². The molecule has 0 spiro atoms. The average molecular weight is 480 g/mol. The molecule has 0 bridgehead atoms. The summed E-state index contributed by atoms with van der Waals surface area (Å²) in [6.45, 7) is 0. The van der Waals surface area contributed by atoms with Gasteiger partial charge in [-0.2, -0.15) is 0 Å². The zero-order valence-electron chi connectivity index (χ0n) is 14.5. The van der Waals surface area contributed by atoms with Gasteiger partial charge in [-0.1, -0.05) is 0 Å². The van der Waals surface area contributed by atoms with Crippen LogP contribution in [0, 0.1) is 0 Å². The van der Waals surface area contributed by atoms with Gasteiger partial charge in [0.05, 0.1) is 0 Å². The van der Waals surface area contributed by atoms with Gasteiger partial charge in [0.2, 0.25) is 0 Å². The van der Waals surface area contributed by atoms with Gasteiger partial charge < -0.3 is 0 Å². The van der Waals surface area contributed by atoms with E-state index in [2.05, 4.69) is 29.6 Å². The molecule has 19 heavy (non-hydrogen) atoms. The second-order valence-corrected chi connectivity index (χ2v) is 40.2. The first-order chi connectivity index (χ1) is 8.73. The van der Waals surface area contributed by atoms with Crippen molar-refractivity contribution in [2.75, 3.05) is 0 Å². The minimum absolute atomic E-state index is 1.20. The summed E-state index contributed by atoms with van der Waals surface area (Å²) in [5, 5.41) is 0. The normalized spacial score (nSPS) is 28.7. The van der Waals surface area contributed by atoms with Gasteiger partial charge in [0, 0.05) is 0 Å². The molecule has 2 heteroatoms. The van der Waals surface area contributed by atoms with Crippen molar-refractivity contribution in [3.05, 3.63) is 0 Å². The Hall–Kier alpha value is 1.60. The van der Waals surface area contributed by atoms with Crippen molar-refractivity contribution in [2.24, 2.45) is 0 Å². The van der Waals surface area contributed by atoms with E-state index in [0.717, 1.165) is 0 Å². The summed E-state index contributed by atoms with van der Waals surface area (Å²) in [7, 11) is 0. The Bertz CT molecular complexity index is 221. The summed E-state index contributed by atoms with van der Waals surface area (Å²) >= 11 is -3.51. The fourth-order valence-corrected chi connectivity index (χ4v) is 37.2. The molecule has 0 aromatic rings. The summed E-state index contributed by atoms with van der Waals surface area (Å²) in [4.78, 5) is 16.3. The van der Waals surface area contributed by atoms with Crippen LogP contribution >= 0.6 is 0 Å². The first-order valence-electron chi connectivity index (χ1n) is 8.73. The van der Waals surface area contributed by atoms with Crippen LogP contribution in [0.2, 0.25) is 37.5 Å². The molecule has 0 nitrogen and oxygen atoms in total. The van der Waals surface area contributed by atoms with Gasteiger partial charge in [-0.05, 0) is 0 Å². The van der Waals surface area contributed by atoms with Crippen molar-refractivity contribution >= 4 is 36.8 Å². The van der Waals surface area contributed by atoms with Crippen LogP contribution in [0.5, 0.6) is 0 Å². The average Bonchev–Trinajstić information content (AvgIpc) is 2.29. The number of rotatable bonds is 2. The van der Waals surface area contributed by atoms with Crippen LogP contribution in [0.4, 0.5) is 0 Å². The van der Waals surface area contributed by atoms with Gasteiger partial charge in [0.25, 0.3) is 0 Å². The van der Waals surface area contributed by atoms with E-state index in [1.165, 1.54) is 52.8 Å². The van der Waals surface area contributed by atoms with Crippen LogP contribution < -0.4 is 0 Å². The summed E-state index contributed by atoms with van der Waals surface area (Å²) in [6, 6.07) is 0. The van der Waals surface area contributed by atoms with Crippen LogP contribution in [0.1, 0.15) is 57.8 Å². The Morgan fingerprint density at radius 2 is 0.737 bits per heavy atom. The van der Waals surface area contributed by atoms with Crippen molar-refractivity contribution in [3.8, 4) is 0 Å². The maximum absolute atomic E-state index is 2.71. The van der Waals surface area contributed by atoms with E-state index in [1.807, 2.05) is 0 Å². The van der Waals surface area contributed by atoms with Crippen molar-refractivity contribution < 1.29 is 0 Å². The second-order valence-electron chi connectivity index (χ2n) is 9.00. The van der Waals surface area contributed by atoms with Crippen molar-refractivity contribution in [1.29, 1.82) is 0 Å². The zero-order chi connectivity index (χ0) is 14.5. The second kappa shape index (κ2) is 8.29. The zero-order valence-corrected chi connectivity index (χ0v) is 20.2. The molecule has 0 heterocycles. The molecule has 0 saturated heterocycles. The first-order valence-corrected chi connectivity index (χ1v) is 29.1. The van der Waals surface area contributed by atoms with E-state index < -0.39 is 36.8 Å². The monoisotopic (exact) mass is 482 g/mol. The fraction of sp³-hybridized carbons (Fsp3) is 1.00.